The lowest BCUT2D eigenvalue weighted by molar-refractivity contribution is -0.117. The van der Waals surface area contributed by atoms with Crippen LogP contribution in [0.1, 0.15) is 85.7 Å². The van der Waals surface area contributed by atoms with Crippen molar-refractivity contribution in [3.63, 3.8) is 0 Å². The zero-order valence-corrected chi connectivity index (χ0v) is 16.9. The number of carbonyl (C=O) groups excluding carboxylic acids is 2. The Morgan fingerprint density at radius 1 is 1.00 bits per heavy atom. The van der Waals surface area contributed by atoms with E-state index in [9.17, 15) is 9.59 Å². The molecule has 2 aliphatic carbocycles. The van der Waals surface area contributed by atoms with E-state index in [1.807, 2.05) is 6.07 Å². The molecule has 0 atom stereocenters. The van der Waals surface area contributed by atoms with Crippen LogP contribution in [0.25, 0.3) is 12.2 Å². The molecule has 0 aromatic heterocycles. The number of amides is 1. The number of rotatable bonds is 5. The van der Waals surface area contributed by atoms with Crippen molar-refractivity contribution in [3.05, 3.63) is 47.5 Å². The summed E-state index contributed by atoms with van der Waals surface area (Å²) in [4.78, 5) is 22.8. The maximum Gasteiger partial charge on any atom is 0.244 e. The second-order valence-electron chi connectivity index (χ2n) is 7.79. The van der Waals surface area contributed by atoms with Gasteiger partial charge in [0.15, 0.2) is 0 Å². The molecule has 2 fully saturated rings. The van der Waals surface area contributed by atoms with Gasteiger partial charge in [-0.2, -0.15) is 0 Å². The van der Waals surface area contributed by atoms with Gasteiger partial charge in [-0.3, -0.25) is 9.59 Å². The summed E-state index contributed by atoms with van der Waals surface area (Å²) >= 11 is 0. The third-order valence-electron chi connectivity index (χ3n) is 5.48. The standard InChI is InChI=1S/C18H21NO2.C6H13N/c1-2-15-9-8-14(13-20)12-16(15)10-11-18(21)19-17-6-4-3-5-7-17;7-6-4-2-1-3-5-6/h2,8-13,17H,1,3-7H2,(H,19,21);6H,1-5,7H2/b11-10+;. The molecule has 3 rings (SSSR count). The second kappa shape index (κ2) is 12.3. The number of hydrogen-bond donors (Lipinski definition) is 2. The fourth-order valence-electron chi connectivity index (χ4n) is 3.79. The number of benzene rings is 1. The molecular formula is C24H34N2O2. The summed E-state index contributed by atoms with van der Waals surface area (Å²) in [6.07, 6.45) is 18.2. The van der Waals surface area contributed by atoms with Crippen LogP contribution in [-0.4, -0.2) is 24.3 Å². The largest absolute Gasteiger partial charge is 0.350 e. The molecule has 1 aromatic rings. The molecule has 0 unspecified atom stereocenters. The Bertz CT molecular complexity index is 669. The minimum Gasteiger partial charge on any atom is -0.350 e. The number of carbonyl (C=O) groups is 2. The van der Waals surface area contributed by atoms with Crippen LogP contribution in [-0.2, 0) is 4.79 Å². The van der Waals surface area contributed by atoms with Gasteiger partial charge in [-0.15, -0.1) is 0 Å². The summed E-state index contributed by atoms with van der Waals surface area (Å²) in [7, 11) is 0. The Morgan fingerprint density at radius 3 is 2.18 bits per heavy atom. The number of nitrogens with one attached hydrogen (secondary N) is 1. The highest BCUT2D eigenvalue weighted by molar-refractivity contribution is 5.93. The molecule has 2 saturated carbocycles. The predicted octanol–water partition coefficient (Wildman–Crippen LogP) is 4.88. The van der Waals surface area contributed by atoms with Crippen LogP contribution in [0.2, 0.25) is 0 Å². The Hall–Kier alpha value is -2.20. The molecule has 2 aliphatic rings. The Morgan fingerprint density at radius 2 is 1.64 bits per heavy atom. The molecule has 4 nitrogen and oxygen atoms in total. The summed E-state index contributed by atoms with van der Waals surface area (Å²) in [5.74, 6) is -0.0755. The van der Waals surface area contributed by atoms with Crippen molar-refractivity contribution in [2.24, 2.45) is 5.73 Å². The van der Waals surface area contributed by atoms with Crippen LogP contribution in [0, 0.1) is 0 Å². The fourth-order valence-corrected chi connectivity index (χ4v) is 3.79. The lowest BCUT2D eigenvalue weighted by atomic mass is 9.95. The smallest absolute Gasteiger partial charge is 0.244 e. The molecule has 0 aliphatic heterocycles. The van der Waals surface area contributed by atoms with Gasteiger partial charge in [0.05, 0.1) is 0 Å². The van der Waals surface area contributed by atoms with E-state index in [0.29, 0.717) is 17.6 Å². The molecule has 3 N–H and O–H groups in total. The van der Waals surface area contributed by atoms with Gasteiger partial charge in [0.2, 0.25) is 5.91 Å². The minimum absolute atomic E-state index is 0.0755. The van der Waals surface area contributed by atoms with Crippen LogP contribution >= 0.6 is 0 Å². The molecule has 1 aromatic carbocycles. The number of hydrogen-bond acceptors (Lipinski definition) is 3. The molecule has 152 valence electrons. The van der Waals surface area contributed by atoms with E-state index in [1.165, 1.54) is 57.4 Å². The fraction of sp³-hybridized carbons (Fsp3) is 0.500. The van der Waals surface area contributed by atoms with Gasteiger partial charge in [-0.05, 0) is 49.0 Å². The molecule has 4 heteroatoms. The zero-order valence-electron chi connectivity index (χ0n) is 16.9. The highest BCUT2D eigenvalue weighted by atomic mass is 16.1. The van der Waals surface area contributed by atoms with Crippen LogP contribution in [0.3, 0.4) is 0 Å². The van der Waals surface area contributed by atoms with E-state index in [2.05, 4.69) is 11.9 Å². The third kappa shape index (κ3) is 7.81. The highest BCUT2D eigenvalue weighted by Crippen LogP contribution is 2.18. The average molecular weight is 383 g/mol. The van der Waals surface area contributed by atoms with Gasteiger partial charge in [0.25, 0.3) is 0 Å². The second-order valence-corrected chi connectivity index (χ2v) is 7.79. The van der Waals surface area contributed by atoms with Crippen molar-refractivity contribution in [1.29, 1.82) is 0 Å². The lowest BCUT2D eigenvalue weighted by Crippen LogP contribution is -2.34. The quantitative estimate of drug-likeness (QED) is 0.563. The number of nitrogens with two attached hydrogens (primary N) is 1. The molecule has 1 amide bonds. The van der Waals surface area contributed by atoms with E-state index in [-0.39, 0.29) is 5.91 Å². The molecule has 0 saturated heterocycles. The molecule has 0 heterocycles. The SMILES string of the molecule is C=Cc1ccc(C=O)cc1/C=C/C(=O)NC1CCCCC1.NC1CCCCC1. The lowest BCUT2D eigenvalue weighted by Gasteiger charge is -2.21. The van der Waals surface area contributed by atoms with Crippen LogP contribution in [0.15, 0.2) is 30.9 Å². The van der Waals surface area contributed by atoms with Gasteiger partial charge in [-0.25, -0.2) is 0 Å². The summed E-state index contributed by atoms with van der Waals surface area (Å²) < 4.78 is 0. The van der Waals surface area contributed by atoms with Gasteiger partial charge in [-0.1, -0.05) is 63.3 Å². The van der Waals surface area contributed by atoms with E-state index in [4.69, 9.17) is 5.73 Å². The van der Waals surface area contributed by atoms with Crippen molar-refractivity contribution in [2.45, 2.75) is 76.3 Å². The average Bonchev–Trinajstić information content (AvgIpc) is 2.74. The Kier molecular flexibility index (Phi) is 9.70. The summed E-state index contributed by atoms with van der Waals surface area (Å²) in [5, 5.41) is 3.03. The van der Waals surface area contributed by atoms with Gasteiger partial charge >= 0.3 is 0 Å². The van der Waals surface area contributed by atoms with Crippen molar-refractivity contribution in [1.82, 2.24) is 5.32 Å². The van der Waals surface area contributed by atoms with Gasteiger partial charge in [0, 0.05) is 23.7 Å². The van der Waals surface area contributed by atoms with Gasteiger partial charge in [0.1, 0.15) is 6.29 Å². The first-order valence-corrected chi connectivity index (χ1v) is 10.6. The maximum absolute atomic E-state index is 11.9. The molecule has 0 bridgehead atoms. The first-order chi connectivity index (χ1) is 13.6. The first kappa shape index (κ1) is 22.1. The van der Waals surface area contributed by atoms with E-state index in [0.717, 1.165) is 30.3 Å². The Balaban J connectivity index is 0.000000336. The highest BCUT2D eigenvalue weighted by Gasteiger charge is 2.14. The molecular weight excluding hydrogens is 348 g/mol. The third-order valence-corrected chi connectivity index (χ3v) is 5.48. The minimum atomic E-state index is -0.0755. The van der Waals surface area contributed by atoms with Crippen molar-refractivity contribution in [3.8, 4) is 0 Å². The zero-order chi connectivity index (χ0) is 20.2. The monoisotopic (exact) mass is 382 g/mol. The molecule has 28 heavy (non-hydrogen) atoms. The van der Waals surface area contributed by atoms with Crippen molar-refractivity contribution >= 4 is 24.3 Å². The van der Waals surface area contributed by atoms with E-state index in [1.54, 1.807) is 24.3 Å². The van der Waals surface area contributed by atoms with Gasteiger partial charge < -0.3 is 11.1 Å². The van der Waals surface area contributed by atoms with E-state index < -0.39 is 0 Å². The first-order valence-electron chi connectivity index (χ1n) is 10.6. The normalized spacial score (nSPS) is 18.2. The molecule has 0 spiro atoms. The summed E-state index contributed by atoms with van der Waals surface area (Å²) in [5.41, 5.74) is 7.96. The van der Waals surface area contributed by atoms with Crippen molar-refractivity contribution in [2.75, 3.05) is 0 Å². The number of aldehydes is 1. The van der Waals surface area contributed by atoms with Crippen molar-refractivity contribution < 1.29 is 9.59 Å². The Labute approximate surface area is 169 Å². The maximum atomic E-state index is 11.9. The van der Waals surface area contributed by atoms with E-state index >= 15 is 0 Å². The summed E-state index contributed by atoms with van der Waals surface area (Å²) in [6.45, 7) is 3.75. The van der Waals surface area contributed by atoms with Crippen LogP contribution in [0.4, 0.5) is 0 Å². The van der Waals surface area contributed by atoms with Crippen LogP contribution in [0.5, 0.6) is 0 Å². The van der Waals surface area contributed by atoms with Crippen LogP contribution < -0.4 is 11.1 Å². The topological polar surface area (TPSA) is 72.2 Å². The summed E-state index contributed by atoms with van der Waals surface area (Å²) in [6, 6.07) is 6.16. The molecule has 0 radical (unpaired) electrons. The predicted molar refractivity (Wildman–Crippen MR) is 117 cm³/mol.